The first-order valence-electron chi connectivity index (χ1n) is 9.89. The number of carbonyl (C=O) groups excluding carboxylic acids is 2. The molecule has 3 heterocycles. The van der Waals surface area contributed by atoms with Gasteiger partial charge in [-0.05, 0) is 58.9 Å². The molecule has 3 rings (SSSR count). The summed E-state index contributed by atoms with van der Waals surface area (Å²) in [5, 5.41) is 0. The maximum atomic E-state index is 13.0. The number of piperidine rings is 1. The molecule has 0 unspecified atom stereocenters. The molecule has 0 saturated carbocycles. The number of hydrogen-bond donors (Lipinski definition) is 1. The van der Waals surface area contributed by atoms with Crippen LogP contribution in [0.2, 0.25) is 0 Å². The highest BCUT2D eigenvalue weighted by molar-refractivity contribution is 5.86. The Hall–Kier alpha value is -2.18. The normalized spacial score (nSPS) is 22.9. The number of amides is 2. The molecule has 0 aliphatic carbocycles. The first kappa shape index (κ1) is 19.6. The van der Waals surface area contributed by atoms with Gasteiger partial charge in [0.25, 0.3) is 0 Å². The Bertz CT molecular complexity index is 775. The van der Waals surface area contributed by atoms with Gasteiger partial charge >= 0.3 is 5.69 Å². The van der Waals surface area contributed by atoms with Gasteiger partial charge in [0.1, 0.15) is 0 Å². The van der Waals surface area contributed by atoms with Crippen LogP contribution in [0.5, 0.6) is 0 Å². The van der Waals surface area contributed by atoms with Crippen LogP contribution in [0.15, 0.2) is 4.79 Å². The van der Waals surface area contributed by atoms with Crippen LogP contribution < -0.4 is 5.69 Å². The molecule has 1 aromatic rings. The summed E-state index contributed by atoms with van der Waals surface area (Å²) in [4.78, 5) is 47.6. The summed E-state index contributed by atoms with van der Waals surface area (Å²) in [7, 11) is 0. The maximum absolute atomic E-state index is 13.0. The molecule has 7 heteroatoms. The van der Waals surface area contributed by atoms with E-state index in [-0.39, 0.29) is 29.0 Å². The van der Waals surface area contributed by atoms with E-state index in [0.717, 1.165) is 37.1 Å². The van der Waals surface area contributed by atoms with Crippen LogP contribution in [-0.2, 0) is 16.0 Å². The van der Waals surface area contributed by atoms with Crippen LogP contribution in [0.4, 0.5) is 0 Å². The monoisotopic (exact) mass is 374 g/mol. The zero-order chi connectivity index (χ0) is 19.8. The fourth-order valence-electron chi connectivity index (χ4n) is 4.57. The molecule has 148 valence electrons. The quantitative estimate of drug-likeness (QED) is 0.867. The predicted molar refractivity (Wildman–Crippen MR) is 102 cm³/mol. The van der Waals surface area contributed by atoms with Gasteiger partial charge in [-0.2, -0.15) is 4.98 Å². The van der Waals surface area contributed by atoms with Crippen molar-refractivity contribution in [3.05, 3.63) is 27.4 Å². The molecule has 2 aliphatic rings. The number of likely N-dealkylation sites (tertiary alicyclic amines) is 2. The topological polar surface area (TPSA) is 86.4 Å². The van der Waals surface area contributed by atoms with E-state index in [1.165, 1.54) is 0 Å². The van der Waals surface area contributed by atoms with Crippen molar-refractivity contribution in [1.82, 2.24) is 19.8 Å². The summed E-state index contributed by atoms with van der Waals surface area (Å²) in [6.45, 7) is 9.75. The molecule has 0 aromatic carbocycles. The SMILES string of the molecule is Cc1nc(=O)[nH]c(C)c1CCC(=O)N1CC[C@]2(CCCN(C(C)C)C2=O)C1. The Morgan fingerprint density at radius 1 is 1.22 bits per heavy atom. The van der Waals surface area contributed by atoms with Crippen molar-refractivity contribution < 1.29 is 9.59 Å². The smallest absolute Gasteiger partial charge is 0.342 e. The van der Waals surface area contributed by atoms with E-state index in [1.54, 1.807) is 6.92 Å². The molecule has 7 nitrogen and oxygen atoms in total. The van der Waals surface area contributed by atoms with E-state index in [9.17, 15) is 14.4 Å². The van der Waals surface area contributed by atoms with Gasteiger partial charge in [-0.3, -0.25) is 9.59 Å². The van der Waals surface area contributed by atoms with Crippen molar-refractivity contribution >= 4 is 11.8 Å². The average Bonchev–Trinajstić information content (AvgIpc) is 3.01. The van der Waals surface area contributed by atoms with E-state index in [2.05, 4.69) is 23.8 Å². The van der Waals surface area contributed by atoms with Gasteiger partial charge in [-0.15, -0.1) is 0 Å². The van der Waals surface area contributed by atoms with Crippen molar-refractivity contribution in [3.8, 4) is 0 Å². The summed E-state index contributed by atoms with van der Waals surface area (Å²) in [5.41, 5.74) is 1.64. The number of hydrogen-bond acceptors (Lipinski definition) is 4. The molecular formula is C20H30N4O3. The average molecular weight is 374 g/mol. The van der Waals surface area contributed by atoms with E-state index >= 15 is 0 Å². The summed E-state index contributed by atoms with van der Waals surface area (Å²) < 4.78 is 0. The number of aryl methyl sites for hydroxylation is 2. The van der Waals surface area contributed by atoms with Crippen LogP contribution in [0.3, 0.4) is 0 Å². The Kier molecular flexibility index (Phi) is 5.40. The summed E-state index contributed by atoms with van der Waals surface area (Å²) in [6, 6.07) is 0.207. The molecule has 2 fully saturated rings. The Labute approximate surface area is 160 Å². The van der Waals surface area contributed by atoms with E-state index in [0.29, 0.717) is 31.6 Å². The number of nitrogens with zero attached hydrogens (tertiary/aromatic N) is 3. The third-order valence-electron chi connectivity index (χ3n) is 6.14. The molecule has 2 aliphatic heterocycles. The van der Waals surface area contributed by atoms with Gasteiger partial charge in [0.15, 0.2) is 0 Å². The van der Waals surface area contributed by atoms with Crippen LogP contribution in [0.1, 0.15) is 56.5 Å². The first-order valence-corrected chi connectivity index (χ1v) is 9.89. The molecule has 1 N–H and O–H groups in total. The molecule has 2 saturated heterocycles. The Morgan fingerprint density at radius 3 is 2.63 bits per heavy atom. The minimum atomic E-state index is -0.385. The molecule has 0 radical (unpaired) electrons. The highest BCUT2D eigenvalue weighted by Gasteiger charge is 2.49. The Balaban J connectivity index is 1.64. The lowest BCUT2D eigenvalue weighted by Gasteiger charge is -2.41. The highest BCUT2D eigenvalue weighted by atomic mass is 16.2. The van der Waals surface area contributed by atoms with Gasteiger partial charge in [0.2, 0.25) is 11.8 Å². The summed E-state index contributed by atoms with van der Waals surface area (Å²) in [5.74, 6) is 0.293. The fourth-order valence-corrected chi connectivity index (χ4v) is 4.57. The molecule has 1 aromatic heterocycles. The molecular weight excluding hydrogens is 344 g/mol. The van der Waals surface area contributed by atoms with Gasteiger partial charge in [-0.1, -0.05) is 0 Å². The first-order chi connectivity index (χ1) is 12.7. The van der Waals surface area contributed by atoms with Gasteiger partial charge in [-0.25, -0.2) is 4.79 Å². The summed E-state index contributed by atoms with van der Waals surface area (Å²) in [6.07, 6.45) is 3.57. The van der Waals surface area contributed by atoms with Crippen molar-refractivity contribution in [2.45, 2.75) is 65.8 Å². The minimum Gasteiger partial charge on any atom is -0.342 e. The molecule has 27 heavy (non-hydrogen) atoms. The largest absolute Gasteiger partial charge is 0.345 e. The molecule has 1 atom stereocenters. The summed E-state index contributed by atoms with van der Waals surface area (Å²) >= 11 is 0. The van der Waals surface area contributed by atoms with Gasteiger partial charge in [0, 0.05) is 43.5 Å². The highest BCUT2D eigenvalue weighted by Crippen LogP contribution is 2.40. The van der Waals surface area contributed by atoms with Crippen LogP contribution in [0.25, 0.3) is 0 Å². The fraction of sp³-hybridized carbons (Fsp3) is 0.700. The molecule has 0 bridgehead atoms. The lowest BCUT2D eigenvalue weighted by atomic mass is 9.78. The van der Waals surface area contributed by atoms with Crippen LogP contribution >= 0.6 is 0 Å². The molecule has 1 spiro atoms. The van der Waals surface area contributed by atoms with E-state index < -0.39 is 0 Å². The third kappa shape index (κ3) is 3.77. The zero-order valence-electron chi connectivity index (χ0n) is 16.8. The van der Waals surface area contributed by atoms with Crippen molar-refractivity contribution in [3.63, 3.8) is 0 Å². The van der Waals surface area contributed by atoms with Crippen LogP contribution in [0, 0.1) is 19.3 Å². The van der Waals surface area contributed by atoms with Gasteiger partial charge < -0.3 is 14.8 Å². The minimum absolute atomic E-state index is 0.0753. The van der Waals surface area contributed by atoms with E-state index in [1.807, 2.05) is 16.7 Å². The second-order valence-corrected chi connectivity index (χ2v) is 8.27. The van der Waals surface area contributed by atoms with E-state index in [4.69, 9.17) is 0 Å². The second kappa shape index (κ2) is 7.44. The van der Waals surface area contributed by atoms with Crippen molar-refractivity contribution in [2.75, 3.05) is 19.6 Å². The van der Waals surface area contributed by atoms with Crippen molar-refractivity contribution in [1.29, 1.82) is 0 Å². The number of H-pyrrole nitrogens is 1. The maximum Gasteiger partial charge on any atom is 0.345 e. The third-order valence-corrected chi connectivity index (χ3v) is 6.14. The molecule has 2 amide bonds. The number of carbonyl (C=O) groups is 2. The Morgan fingerprint density at radius 2 is 1.96 bits per heavy atom. The number of rotatable bonds is 4. The lowest BCUT2D eigenvalue weighted by molar-refractivity contribution is -0.148. The van der Waals surface area contributed by atoms with Gasteiger partial charge in [0.05, 0.1) is 5.41 Å². The standard InChI is InChI=1S/C20H30N4O3/c1-13(2)24-10-5-8-20(18(24)26)9-11-23(12-20)17(25)7-6-16-14(3)21-19(27)22-15(16)4/h13H,5-12H2,1-4H3,(H,21,22,27)/t20-/m1/s1. The van der Waals surface area contributed by atoms with Crippen molar-refractivity contribution in [2.24, 2.45) is 5.41 Å². The number of aromatic amines is 1. The zero-order valence-corrected chi connectivity index (χ0v) is 16.8. The number of nitrogens with one attached hydrogen (secondary N) is 1. The second-order valence-electron chi connectivity index (χ2n) is 8.27. The lowest BCUT2D eigenvalue weighted by Crippen LogP contribution is -2.52. The van der Waals surface area contributed by atoms with Crippen LogP contribution in [-0.4, -0.2) is 57.3 Å². The predicted octanol–water partition coefficient (Wildman–Crippen LogP) is 1.57. The number of aromatic nitrogens is 2.